The van der Waals surface area contributed by atoms with Crippen LogP contribution < -0.4 is 10.1 Å². The lowest BCUT2D eigenvalue weighted by atomic mass is 10.2. The summed E-state index contributed by atoms with van der Waals surface area (Å²) in [5.74, 6) is 1.61. The summed E-state index contributed by atoms with van der Waals surface area (Å²) >= 11 is 1.55. The van der Waals surface area contributed by atoms with Gasteiger partial charge < -0.3 is 20.1 Å². The van der Waals surface area contributed by atoms with Gasteiger partial charge in [0.05, 0.1) is 23.7 Å². The largest absolute Gasteiger partial charge is 0.506 e. The van der Waals surface area contributed by atoms with Crippen molar-refractivity contribution in [3.8, 4) is 11.5 Å². The highest BCUT2D eigenvalue weighted by Crippen LogP contribution is 2.34. The number of carbonyl (C=O) groups excluding carboxylic acids is 1. The van der Waals surface area contributed by atoms with Crippen LogP contribution in [0.4, 0.5) is 5.69 Å². The zero-order valence-corrected chi connectivity index (χ0v) is 19.3. The summed E-state index contributed by atoms with van der Waals surface area (Å²) < 4.78 is 5.94. The number of aromatic hydroxyl groups is 1. The summed E-state index contributed by atoms with van der Waals surface area (Å²) in [6, 6.07) is 15.4. The third kappa shape index (κ3) is 5.40. The van der Waals surface area contributed by atoms with Crippen molar-refractivity contribution in [1.29, 1.82) is 0 Å². The van der Waals surface area contributed by atoms with Gasteiger partial charge in [0.1, 0.15) is 17.0 Å². The molecule has 0 spiro atoms. The Bertz CT molecular complexity index is 1150. The van der Waals surface area contributed by atoms with Crippen LogP contribution in [0.2, 0.25) is 0 Å². The summed E-state index contributed by atoms with van der Waals surface area (Å²) in [6.45, 7) is 6.59. The van der Waals surface area contributed by atoms with Crippen molar-refractivity contribution in [2.24, 2.45) is 0 Å². The van der Waals surface area contributed by atoms with E-state index in [2.05, 4.69) is 26.2 Å². The Hall–Kier alpha value is -2.81. The van der Waals surface area contributed by atoms with E-state index in [9.17, 15) is 9.90 Å². The molecule has 7 nitrogen and oxygen atoms in total. The average molecular weight is 465 g/mol. The topological polar surface area (TPSA) is 77.9 Å². The molecule has 0 atom stereocenters. The molecule has 5 rings (SSSR count). The molecule has 3 aromatic rings. The molecule has 3 heterocycles. The van der Waals surface area contributed by atoms with Gasteiger partial charge in [-0.2, -0.15) is 0 Å². The first-order valence-corrected chi connectivity index (χ1v) is 12.3. The number of anilines is 1. The van der Waals surface area contributed by atoms with E-state index in [-0.39, 0.29) is 11.7 Å². The number of ether oxygens (including phenoxy) is 1. The number of nitrogens with one attached hydrogen (secondary N) is 1. The first-order chi connectivity index (χ1) is 16.1. The lowest BCUT2D eigenvalue weighted by Crippen LogP contribution is -2.46. The van der Waals surface area contributed by atoms with Crippen molar-refractivity contribution in [2.45, 2.75) is 17.9 Å². The molecule has 2 aliphatic heterocycles. The minimum Gasteiger partial charge on any atom is -0.506 e. The second-order valence-corrected chi connectivity index (χ2v) is 9.48. The lowest BCUT2D eigenvalue weighted by molar-refractivity contribution is -0.113. The first-order valence-electron chi connectivity index (χ1n) is 11.4. The molecule has 2 aromatic carbocycles. The maximum atomic E-state index is 11.5. The van der Waals surface area contributed by atoms with E-state index in [1.807, 2.05) is 36.4 Å². The van der Waals surface area contributed by atoms with Gasteiger partial charge in [-0.05, 0) is 36.8 Å². The first kappa shape index (κ1) is 22.0. The number of rotatable bonds is 7. The van der Waals surface area contributed by atoms with Crippen LogP contribution in [0.15, 0.2) is 53.4 Å². The van der Waals surface area contributed by atoms with Crippen LogP contribution in [-0.4, -0.2) is 70.9 Å². The molecular formula is C25H28N4O3S. The fraction of sp³-hybridized carbons (Fsp3) is 0.360. The Morgan fingerprint density at radius 3 is 2.79 bits per heavy atom. The number of carbonyl (C=O) groups is 1. The monoisotopic (exact) mass is 464 g/mol. The maximum Gasteiger partial charge on any atom is 0.234 e. The van der Waals surface area contributed by atoms with Crippen LogP contribution in [0.25, 0.3) is 10.9 Å². The predicted octanol–water partition coefficient (Wildman–Crippen LogP) is 3.57. The number of aromatic nitrogens is 1. The minimum absolute atomic E-state index is 0.0501. The van der Waals surface area contributed by atoms with Crippen LogP contribution in [0.5, 0.6) is 11.5 Å². The molecule has 33 heavy (non-hydrogen) atoms. The number of hydrogen-bond acceptors (Lipinski definition) is 7. The summed E-state index contributed by atoms with van der Waals surface area (Å²) in [5.41, 5.74) is 2.54. The Morgan fingerprint density at radius 2 is 1.91 bits per heavy atom. The number of piperazine rings is 1. The molecule has 1 amide bonds. The van der Waals surface area contributed by atoms with E-state index in [1.54, 1.807) is 17.8 Å². The van der Waals surface area contributed by atoms with Crippen molar-refractivity contribution in [2.75, 3.05) is 50.4 Å². The number of hydrogen-bond donors (Lipinski definition) is 2. The fourth-order valence-corrected chi connectivity index (χ4v) is 5.12. The SMILES string of the molecule is O=C1CSc2cc(OCCCN3CCN(Cc4ccc5cccc(O)c5n4)CC3)ccc2N1. The van der Waals surface area contributed by atoms with Gasteiger partial charge in [-0.3, -0.25) is 9.69 Å². The number of para-hydroxylation sites is 1. The molecular weight excluding hydrogens is 436 g/mol. The van der Waals surface area contributed by atoms with Crippen molar-refractivity contribution in [3.05, 3.63) is 54.2 Å². The molecule has 0 bridgehead atoms. The Labute approximate surface area is 197 Å². The van der Waals surface area contributed by atoms with Crippen LogP contribution in [-0.2, 0) is 11.3 Å². The molecule has 0 aliphatic carbocycles. The zero-order chi connectivity index (χ0) is 22.6. The van der Waals surface area contributed by atoms with E-state index in [0.29, 0.717) is 17.9 Å². The van der Waals surface area contributed by atoms with E-state index >= 15 is 0 Å². The van der Waals surface area contributed by atoms with Crippen LogP contribution in [0.1, 0.15) is 12.1 Å². The van der Waals surface area contributed by atoms with Gasteiger partial charge in [0, 0.05) is 49.6 Å². The van der Waals surface area contributed by atoms with Crippen LogP contribution in [0.3, 0.4) is 0 Å². The highest BCUT2D eigenvalue weighted by molar-refractivity contribution is 8.00. The molecule has 8 heteroatoms. The Morgan fingerprint density at radius 1 is 1.06 bits per heavy atom. The average Bonchev–Trinajstić information content (AvgIpc) is 2.83. The van der Waals surface area contributed by atoms with Crippen molar-refractivity contribution in [1.82, 2.24) is 14.8 Å². The van der Waals surface area contributed by atoms with Gasteiger partial charge in [-0.15, -0.1) is 11.8 Å². The van der Waals surface area contributed by atoms with Crippen molar-refractivity contribution >= 4 is 34.3 Å². The van der Waals surface area contributed by atoms with Crippen molar-refractivity contribution in [3.63, 3.8) is 0 Å². The summed E-state index contributed by atoms with van der Waals surface area (Å²) in [7, 11) is 0. The number of amides is 1. The fourth-order valence-electron chi connectivity index (χ4n) is 4.28. The number of benzene rings is 2. The summed E-state index contributed by atoms with van der Waals surface area (Å²) in [6.07, 6.45) is 0.979. The minimum atomic E-state index is 0.0501. The quantitative estimate of drug-likeness (QED) is 0.518. The number of nitrogens with zero attached hydrogens (tertiary/aromatic N) is 3. The summed E-state index contributed by atoms with van der Waals surface area (Å²) in [4.78, 5) is 22.1. The van der Waals surface area contributed by atoms with Gasteiger partial charge in [-0.1, -0.05) is 18.2 Å². The maximum absolute atomic E-state index is 11.5. The number of phenols is 1. The van der Waals surface area contributed by atoms with Gasteiger partial charge in [0.15, 0.2) is 0 Å². The van der Waals surface area contributed by atoms with Gasteiger partial charge in [0.25, 0.3) is 0 Å². The molecule has 1 aromatic heterocycles. The molecule has 2 N–H and O–H groups in total. The number of fused-ring (bicyclic) bond motifs is 2. The summed E-state index contributed by atoms with van der Waals surface area (Å²) in [5, 5.41) is 13.9. The molecule has 172 valence electrons. The third-order valence-corrected chi connectivity index (χ3v) is 7.14. The molecule has 1 saturated heterocycles. The highest BCUT2D eigenvalue weighted by atomic mass is 32.2. The number of thioether (sulfide) groups is 1. The molecule has 0 saturated carbocycles. The van der Waals surface area contributed by atoms with Crippen LogP contribution in [0, 0.1) is 0 Å². The van der Waals surface area contributed by atoms with Crippen molar-refractivity contribution < 1.29 is 14.6 Å². The molecule has 0 unspecified atom stereocenters. The normalized spacial score (nSPS) is 17.0. The van der Waals surface area contributed by atoms with E-state index in [0.717, 1.165) is 73.1 Å². The van der Waals surface area contributed by atoms with Gasteiger partial charge in [-0.25, -0.2) is 4.98 Å². The Balaban J connectivity index is 1.04. The van der Waals surface area contributed by atoms with E-state index in [1.165, 1.54) is 0 Å². The second kappa shape index (κ2) is 9.99. The van der Waals surface area contributed by atoms with E-state index in [4.69, 9.17) is 4.74 Å². The lowest BCUT2D eigenvalue weighted by Gasteiger charge is -2.34. The zero-order valence-electron chi connectivity index (χ0n) is 18.5. The number of phenolic OH excluding ortho intramolecular Hbond substituents is 1. The smallest absolute Gasteiger partial charge is 0.234 e. The Kier molecular flexibility index (Phi) is 6.66. The molecule has 2 aliphatic rings. The standard InChI is InChI=1S/C25H28N4O3S/c30-22-4-1-3-18-5-6-19(26-25(18)22)16-29-12-10-28(11-13-29)9-2-14-32-20-7-8-21-23(15-20)33-17-24(31)27-21/h1,3-8,15,30H,2,9-14,16-17H2,(H,27,31). The van der Waals surface area contributed by atoms with Gasteiger partial charge in [0.2, 0.25) is 5.91 Å². The van der Waals surface area contributed by atoms with Crippen LogP contribution >= 0.6 is 11.8 Å². The molecule has 1 fully saturated rings. The van der Waals surface area contributed by atoms with E-state index < -0.39 is 0 Å². The highest BCUT2D eigenvalue weighted by Gasteiger charge is 2.18. The van der Waals surface area contributed by atoms with Gasteiger partial charge >= 0.3 is 0 Å². The third-order valence-electron chi connectivity index (χ3n) is 6.08. The second-order valence-electron chi connectivity index (χ2n) is 8.47. The number of pyridine rings is 1. The molecule has 0 radical (unpaired) electrons. The predicted molar refractivity (Wildman–Crippen MR) is 131 cm³/mol.